The number of nitrogens with zero attached hydrogens (tertiary/aromatic N) is 1. The summed E-state index contributed by atoms with van der Waals surface area (Å²) < 4.78 is 27.7. The molecule has 1 aromatic heterocycles. The van der Waals surface area contributed by atoms with Gasteiger partial charge in [0.25, 0.3) is 10.0 Å². The number of hydrogen-bond donors (Lipinski definition) is 1. The van der Waals surface area contributed by atoms with Crippen LogP contribution in [0, 0.1) is 0 Å². The van der Waals surface area contributed by atoms with Gasteiger partial charge in [-0.15, -0.1) is 11.3 Å². The smallest absolute Gasteiger partial charge is 0.274 e. The molecule has 106 valence electrons. The molecule has 2 N–H and O–H groups in total. The molecule has 0 radical (unpaired) electrons. The van der Waals surface area contributed by atoms with E-state index in [-0.39, 0.29) is 10.3 Å². The van der Waals surface area contributed by atoms with Gasteiger partial charge < -0.3 is 5.73 Å². The Balaban J connectivity index is 2.11. The highest BCUT2D eigenvalue weighted by Crippen LogP contribution is 2.39. The van der Waals surface area contributed by atoms with Gasteiger partial charge in [0.05, 0.1) is 10.0 Å². The van der Waals surface area contributed by atoms with Crippen LogP contribution in [0.15, 0.2) is 34.5 Å². The lowest BCUT2D eigenvalue weighted by Gasteiger charge is -2.23. The first kappa shape index (κ1) is 13.7. The van der Waals surface area contributed by atoms with Crippen molar-refractivity contribution < 1.29 is 8.42 Å². The quantitative estimate of drug-likeness (QED) is 0.861. The third-order valence-electron chi connectivity index (χ3n) is 3.32. The Labute approximate surface area is 126 Å². The van der Waals surface area contributed by atoms with E-state index in [1.165, 1.54) is 4.31 Å². The average Bonchev–Trinajstić information content (AvgIpc) is 2.92. The summed E-state index contributed by atoms with van der Waals surface area (Å²) in [6.07, 6.45) is 0.665. The summed E-state index contributed by atoms with van der Waals surface area (Å²) in [5.41, 5.74) is 8.08. The summed E-state index contributed by atoms with van der Waals surface area (Å²) in [4.78, 5) is 0. The van der Waals surface area contributed by atoms with E-state index in [0.717, 1.165) is 16.9 Å². The summed E-state index contributed by atoms with van der Waals surface area (Å²) >= 11 is 6.92. The van der Waals surface area contributed by atoms with Gasteiger partial charge in [-0.05, 0) is 49.2 Å². The number of halogens is 1. The molecule has 7 heteroatoms. The van der Waals surface area contributed by atoms with Crippen LogP contribution in [0.2, 0.25) is 4.34 Å². The van der Waals surface area contributed by atoms with Crippen molar-refractivity contribution in [3.05, 3.63) is 40.2 Å². The third-order valence-corrected chi connectivity index (χ3v) is 6.95. The maximum Gasteiger partial charge on any atom is 0.274 e. The van der Waals surface area contributed by atoms with Gasteiger partial charge in [-0.1, -0.05) is 11.6 Å². The lowest BCUT2D eigenvalue weighted by atomic mass is 10.1. The molecular formula is C13H13ClN2O2S2. The summed E-state index contributed by atoms with van der Waals surface area (Å²) in [7, 11) is -3.57. The molecule has 0 fully saturated rings. The molecule has 3 rings (SSSR count). The van der Waals surface area contributed by atoms with Crippen LogP contribution in [0.1, 0.15) is 12.5 Å². The predicted molar refractivity (Wildman–Crippen MR) is 83.0 cm³/mol. The molecule has 0 bridgehead atoms. The molecule has 20 heavy (non-hydrogen) atoms. The molecule has 0 saturated heterocycles. The van der Waals surface area contributed by atoms with Crippen LogP contribution in [0.25, 0.3) is 0 Å². The van der Waals surface area contributed by atoms with Crippen LogP contribution in [0.3, 0.4) is 0 Å². The topological polar surface area (TPSA) is 63.4 Å². The minimum absolute atomic E-state index is 0.127. The zero-order valence-electron chi connectivity index (χ0n) is 10.7. The first-order chi connectivity index (χ1) is 9.39. The van der Waals surface area contributed by atoms with Gasteiger partial charge in [-0.25, -0.2) is 8.42 Å². The monoisotopic (exact) mass is 328 g/mol. The second-order valence-corrected chi connectivity index (χ2v) is 8.56. The molecule has 1 atom stereocenters. The van der Waals surface area contributed by atoms with E-state index in [1.807, 2.05) is 13.0 Å². The van der Waals surface area contributed by atoms with Crippen molar-refractivity contribution in [3.63, 3.8) is 0 Å². The van der Waals surface area contributed by atoms with Crippen molar-refractivity contribution in [2.24, 2.45) is 0 Å². The summed E-state index contributed by atoms with van der Waals surface area (Å²) in [5, 5.41) is 0. The standard InChI is InChI=1S/C13H13ClN2O2S2/c1-8-6-9-7-10(15)2-3-11(9)16(8)20(17,18)13-5-4-12(14)19-13/h2-5,7-8H,6,15H2,1H3. The second-order valence-electron chi connectivity index (χ2n) is 4.80. The molecule has 1 aliphatic heterocycles. The fourth-order valence-electron chi connectivity index (χ4n) is 2.52. The number of nitrogen functional groups attached to an aromatic ring is 1. The van der Waals surface area contributed by atoms with Crippen molar-refractivity contribution in [2.45, 2.75) is 23.6 Å². The molecular weight excluding hydrogens is 316 g/mol. The van der Waals surface area contributed by atoms with Gasteiger partial charge >= 0.3 is 0 Å². The number of benzene rings is 1. The molecule has 1 aliphatic rings. The molecule has 0 spiro atoms. The van der Waals surface area contributed by atoms with Crippen molar-refractivity contribution in [1.29, 1.82) is 0 Å². The number of nitrogens with two attached hydrogens (primary N) is 1. The van der Waals surface area contributed by atoms with Gasteiger partial charge in [0.15, 0.2) is 0 Å². The van der Waals surface area contributed by atoms with E-state index in [4.69, 9.17) is 17.3 Å². The van der Waals surface area contributed by atoms with E-state index < -0.39 is 10.0 Å². The number of sulfonamides is 1. The fourth-order valence-corrected chi connectivity index (χ4v) is 5.79. The Morgan fingerprint density at radius 2 is 2.10 bits per heavy atom. The molecule has 1 aromatic carbocycles. The first-order valence-electron chi connectivity index (χ1n) is 6.08. The van der Waals surface area contributed by atoms with Crippen molar-refractivity contribution in [3.8, 4) is 0 Å². The highest BCUT2D eigenvalue weighted by Gasteiger charge is 2.36. The summed E-state index contributed by atoms with van der Waals surface area (Å²) in [6, 6.07) is 8.34. The largest absolute Gasteiger partial charge is 0.399 e. The molecule has 0 aliphatic carbocycles. The number of hydrogen-bond acceptors (Lipinski definition) is 4. The maximum absolute atomic E-state index is 12.8. The van der Waals surface area contributed by atoms with E-state index in [0.29, 0.717) is 22.1 Å². The van der Waals surface area contributed by atoms with Crippen LogP contribution in [-0.4, -0.2) is 14.5 Å². The van der Waals surface area contributed by atoms with Gasteiger partial charge in [-0.3, -0.25) is 4.31 Å². The number of rotatable bonds is 2. The molecule has 1 unspecified atom stereocenters. The number of thiophene rings is 1. The minimum Gasteiger partial charge on any atom is -0.399 e. The van der Waals surface area contributed by atoms with Crippen molar-refractivity contribution >= 4 is 44.3 Å². The van der Waals surface area contributed by atoms with Crippen LogP contribution >= 0.6 is 22.9 Å². The Kier molecular flexibility index (Phi) is 3.19. The van der Waals surface area contributed by atoms with Gasteiger partial charge in [-0.2, -0.15) is 0 Å². The van der Waals surface area contributed by atoms with Crippen LogP contribution in [0.5, 0.6) is 0 Å². The van der Waals surface area contributed by atoms with E-state index in [2.05, 4.69) is 0 Å². The Bertz CT molecular complexity index is 770. The van der Waals surface area contributed by atoms with E-state index in [9.17, 15) is 8.42 Å². The fraction of sp³-hybridized carbons (Fsp3) is 0.231. The van der Waals surface area contributed by atoms with Crippen LogP contribution < -0.4 is 10.0 Å². The zero-order chi connectivity index (χ0) is 14.5. The maximum atomic E-state index is 12.8. The van der Waals surface area contributed by atoms with E-state index >= 15 is 0 Å². The lowest BCUT2D eigenvalue weighted by molar-refractivity contribution is 0.586. The Morgan fingerprint density at radius 1 is 1.35 bits per heavy atom. The van der Waals surface area contributed by atoms with E-state index in [1.54, 1.807) is 24.3 Å². The predicted octanol–water partition coefficient (Wildman–Crippen LogP) is 3.12. The molecule has 2 heterocycles. The normalized spacial score (nSPS) is 18.3. The SMILES string of the molecule is CC1Cc2cc(N)ccc2N1S(=O)(=O)c1ccc(Cl)s1. The van der Waals surface area contributed by atoms with Gasteiger partial charge in [0.2, 0.25) is 0 Å². The molecule has 2 aromatic rings. The highest BCUT2D eigenvalue weighted by molar-refractivity contribution is 7.94. The summed E-state index contributed by atoms with van der Waals surface area (Å²) in [6.45, 7) is 1.89. The first-order valence-corrected chi connectivity index (χ1v) is 8.71. The van der Waals surface area contributed by atoms with Gasteiger partial charge in [0.1, 0.15) is 4.21 Å². The number of anilines is 2. The molecule has 0 amide bonds. The molecule has 0 saturated carbocycles. The van der Waals surface area contributed by atoms with Gasteiger partial charge in [0, 0.05) is 11.7 Å². The highest BCUT2D eigenvalue weighted by atomic mass is 35.5. The lowest BCUT2D eigenvalue weighted by Crippen LogP contribution is -2.35. The summed E-state index contributed by atoms with van der Waals surface area (Å²) in [5.74, 6) is 0. The molecule has 4 nitrogen and oxygen atoms in total. The Morgan fingerprint density at radius 3 is 2.75 bits per heavy atom. The average molecular weight is 329 g/mol. The van der Waals surface area contributed by atoms with Crippen LogP contribution in [0.4, 0.5) is 11.4 Å². The third kappa shape index (κ3) is 2.08. The van der Waals surface area contributed by atoms with Crippen LogP contribution in [-0.2, 0) is 16.4 Å². The number of fused-ring (bicyclic) bond motifs is 1. The minimum atomic E-state index is -3.57. The van der Waals surface area contributed by atoms with Crippen molar-refractivity contribution in [2.75, 3.05) is 10.0 Å². The van der Waals surface area contributed by atoms with Crippen molar-refractivity contribution in [1.82, 2.24) is 0 Å². The Hall–Kier alpha value is -1.24. The second kappa shape index (κ2) is 4.65. The zero-order valence-corrected chi connectivity index (χ0v) is 13.1.